The molecule has 0 radical (unpaired) electrons. The van der Waals surface area contributed by atoms with E-state index in [1.807, 2.05) is 0 Å². The minimum Gasteiger partial charge on any atom is -0.293 e. The Kier molecular flexibility index (Phi) is 4.39. The molecule has 0 saturated carbocycles. The third-order valence-corrected chi connectivity index (χ3v) is 4.32. The molecular formula is C10H6Cl2N2OS2. The topological polar surface area (TPSA) is 42.9 Å². The summed E-state index contributed by atoms with van der Waals surface area (Å²) in [4.78, 5) is 11.9. The van der Waals surface area contributed by atoms with E-state index in [0.29, 0.717) is 15.6 Å². The van der Waals surface area contributed by atoms with Gasteiger partial charge in [0, 0.05) is 10.6 Å². The Balaban J connectivity index is 2.07. The highest BCUT2D eigenvalue weighted by molar-refractivity contribution is 8.01. The van der Waals surface area contributed by atoms with Crippen LogP contribution in [0.4, 0.5) is 0 Å². The molecule has 88 valence electrons. The zero-order chi connectivity index (χ0) is 12.3. The quantitative estimate of drug-likeness (QED) is 0.636. The van der Waals surface area contributed by atoms with Crippen LogP contribution in [0, 0.1) is 0 Å². The first-order valence-corrected chi connectivity index (χ1v) is 7.16. The zero-order valence-corrected chi connectivity index (χ0v) is 11.5. The van der Waals surface area contributed by atoms with E-state index in [9.17, 15) is 4.79 Å². The number of halogens is 2. The Morgan fingerprint density at radius 3 is 2.94 bits per heavy atom. The van der Waals surface area contributed by atoms with Crippen LogP contribution in [0.1, 0.15) is 10.4 Å². The molecule has 0 spiro atoms. The van der Waals surface area contributed by atoms with Crippen molar-refractivity contribution in [3.8, 4) is 0 Å². The predicted molar refractivity (Wildman–Crippen MR) is 71.4 cm³/mol. The molecule has 7 heteroatoms. The van der Waals surface area contributed by atoms with E-state index in [1.54, 1.807) is 23.7 Å². The van der Waals surface area contributed by atoms with Crippen LogP contribution in [0.3, 0.4) is 0 Å². The van der Waals surface area contributed by atoms with Gasteiger partial charge in [-0.3, -0.25) is 4.79 Å². The molecule has 0 amide bonds. The van der Waals surface area contributed by atoms with Crippen molar-refractivity contribution < 1.29 is 4.79 Å². The molecule has 0 unspecified atom stereocenters. The number of benzene rings is 1. The molecule has 0 fully saturated rings. The van der Waals surface area contributed by atoms with Crippen LogP contribution in [-0.4, -0.2) is 21.7 Å². The van der Waals surface area contributed by atoms with E-state index in [1.165, 1.54) is 23.1 Å². The van der Waals surface area contributed by atoms with Gasteiger partial charge in [0.2, 0.25) is 0 Å². The summed E-state index contributed by atoms with van der Waals surface area (Å²) >= 11 is 14.5. The van der Waals surface area contributed by atoms with Crippen LogP contribution in [0.25, 0.3) is 0 Å². The smallest absolute Gasteiger partial charge is 0.174 e. The van der Waals surface area contributed by atoms with Gasteiger partial charge in [0.25, 0.3) is 0 Å². The second-order valence-electron chi connectivity index (χ2n) is 3.04. The number of nitrogens with zero attached hydrogens (tertiary/aromatic N) is 2. The van der Waals surface area contributed by atoms with E-state index in [0.717, 1.165) is 4.34 Å². The molecule has 2 rings (SSSR count). The number of Topliss-reactive ketones (excluding diaryl/α,β-unsaturated/α-hetero) is 1. The van der Waals surface area contributed by atoms with E-state index in [-0.39, 0.29) is 11.5 Å². The van der Waals surface area contributed by atoms with Gasteiger partial charge in [-0.1, -0.05) is 46.3 Å². The molecule has 1 aromatic heterocycles. The predicted octanol–water partition coefficient (Wildman–Crippen LogP) is 3.82. The first-order chi connectivity index (χ1) is 8.16. The second-order valence-corrected chi connectivity index (χ2v) is 5.94. The number of carbonyl (C=O) groups is 1. The SMILES string of the molecule is O=C(CSc1nncs1)c1cc(Cl)ccc1Cl. The van der Waals surface area contributed by atoms with Crippen molar-refractivity contribution in [2.45, 2.75) is 4.34 Å². The van der Waals surface area contributed by atoms with E-state index >= 15 is 0 Å². The van der Waals surface area contributed by atoms with Gasteiger partial charge in [-0.2, -0.15) is 0 Å². The molecule has 0 N–H and O–H groups in total. The van der Waals surface area contributed by atoms with Gasteiger partial charge in [0.1, 0.15) is 5.51 Å². The van der Waals surface area contributed by atoms with Crippen LogP contribution in [0.15, 0.2) is 28.0 Å². The lowest BCUT2D eigenvalue weighted by atomic mass is 10.1. The third-order valence-electron chi connectivity index (χ3n) is 1.90. The normalized spacial score (nSPS) is 10.5. The summed E-state index contributed by atoms with van der Waals surface area (Å²) in [5.41, 5.74) is 2.07. The van der Waals surface area contributed by atoms with Crippen LogP contribution < -0.4 is 0 Å². The lowest BCUT2D eigenvalue weighted by Crippen LogP contribution is -2.03. The van der Waals surface area contributed by atoms with Crippen molar-refractivity contribution >= 4 is 52.1 Å². The fraction of sp³-hybridized carbons (Fsp3) is 0.100. The average molecular weight is 305 g/mol. The Bertz CT molecular complexity index is 531. The lowest BCUT2D eigenvalue weighted by molar-refractivity contribution is 0.102. The van der Waals surface area contributed by atoms with Crippen molar-refractivity contribution in [1.82, 2.24) is 10.2 Å². The molecule has 0 bridgehead atoms. The van der Waals surface area contributed by atoms with E-state index in [2.05, 4.69) is 10.2 Å². The standard InChI is InChI=1S/C10H6Cl2N2OS2/c11-6-1-2-8(12)7(3-6)9(15)4-16-10-14-13-5-17-10/h1-3,5H,4H2. The highest BCUT2D eigenvalue weighted by Gasteiger charge is 2.12. The summed E-state index contributed by atoms with van der Waals surface area (Å²) in [6.07, 6.45) is 0. The van der Waals surface area contributed by atoms with Crippen molar-refractivity contribution in [2.24, 2.45) is 0 Å². The fourth-order valence-electron chi connectivity index (χ4n) is 1.14. The molecule has 1 heterocycles. The molecule has 0 saturated heterocycles. The summed E-state index contributed by atoms with van der Waals surface area (Å²) in [6.45, 7) is 0. The Morgan fingerprint density at radius 2 is 2.24 bits per heavy atom. The Morgan fingerprint density at radius 1 is 1.41 bits per heavy atom. The van der Waals surface area contributed by atoms with E-state index < -0.39 is 0 Å². The highest BCUT2D eigenvalue weighted by atomic mass is 35.5. The fourth-order valence-corrected chi connectivity index (χ4v) is 2.91. The second kappa shape index (κ2) is 5.82. The van der Waals surface area contributed by atoms with Gasteiger partial charge in [0.05, 0.1) is 10.8 Å². The number of hydrogen-bond acceptors (Lipinski definition) is 5. The van der Waals surface area contributed by atoms with Gasteiger partial charge in [-0.15, -0.1) is 10.2 Å². The first-order valence-electron chi connectivity index (χ1n) is 4.54. The van der Waals surface area contributed by atoms with E-state index in [4.69, 9.17) is 23.2 Å². The van der Waals surface area contributed by atoms with Crippen LogP contribution >= 0.6 is 46.3 Å². The molecule has 0 aliphatic carbocycles. The maximum absolute atomic E-state index is 11.9. The monoisotopic (exact) mass is 304 g/mol. The Hall–Kier alpha value is -0.620. The zero-order valence-electron chi connectivity index (χ0n) is 8.39. The maximum atomic E-state index is 11.9. The summed E-state index contributed by atoms with van der Waals surface area (Å²) in [7, 11) is 0. The molecule has 2 aromatic rings. The number of ketones is 1. The van der Waals surface area contributed by atoms with Crippen LogP contribution in [-0.2, 0) is 0 Å². The van der Waals surface area contributed by atoms with Crippen molar-refractivity contribution in [3.63, 3.8) is 0 Å². The lowest BCUT2D eigenvalue weighted by Gasteiger charge is -2.02. The summed E-state index contributed by atoms with van der Waals surface area (Å²) in [5, 5.41) is 8.45. The molecule has 0 atom stereocenters. The average Bonchev–Trinajstić information content (AvgIpc) is 2.82. The van der Waals surface area contributed by atoms with Gasteiger partial charge in [-0.25, -0.2) is 0 Å². The highest BCUT2D eigenvalue weighted by Crippen LogP contribution is 2.25. The van der Waals surface area contributed by atoms with Crippen molar-refractivity contribution in [2.75, 3.05) is 5.75 Å². The Labute approximate surface area is 116 Å². The maximum Gasteiger partial charge on any atom is 0.174 e. The number of thioether (sulfide) groups is 1. The minimum atomic E-state index is -0.0716. The van der Waals surface area contributed by atoms with Gasteiger partial charge in [-0.05, 0) is 18.2 Å². The minimum absolute atomic E-state index is 0.0716. The molecule has 0 aliphatic rings. The van der Waals surface area contributed by atoms with Crippen LogP contribution in [0.5, 0.6) is 0 Å². The molecule has 1 aromatic carbocycles. The summed E-state index contributed by atoms with van der Waals surface area (Å²) in [6, 6.07) is 4.85. The van der Waals surface area contributed by atoms with Crippen LogP contribution in [0.2, 0.25) is 10.0 Å². The van der Waals surface area contributed by atoms with Crippen molar-refractivity contribution in [1.29, 1.82) is 0 Å². The number of aromatic nitrogens is 2. The number of rotatable bonds is 4. The third kappa shape index (κ3) is 3.42. The number of carbonyl (C=O) groups excluding carboxylic acids is 1. The van der Waals surface area contributed by atoms with Gasteiger partial charge < -0.3 is 0 Å². The first kappa shape index (κ1) is 12.8. The summed E-state index contributed by atoms with van der Waals surface area (Å²) in [5.74, 6) is 0.201. The molecular weight excluding hydrogens is 299 g/mol. The largest absolute Gasteiger partial charge is 0.293 e. The molecule has 0 aliphatic heterocycles. The van der Waals surface area contributed by atoms with Gasteiger partial charge in [0.15, 0.2) is 10.1 Å². The molecule has 17 heavy (non-hydrogen) atoms. The molecule has 3 nitrogen and oxygen atoms in total. The van der Waals surface area contributed by atoms with Crippen molar-refractivity contribution in [3.05, 3.63) is 39.3 Å². The summed E-state index contributed by atoms with van der Waals surface area (Å²) < 4.78 is 0.761. The van der Waals surface area contributed by atoms with Gasteiger partial charge >= 0.3 is 0 Å². The number of hydrogen-bond donors (Lipinski definition) is 0.